The molecule has 1 aromatic carbocycles. The zero-order chi connectivity index (χ0) is 9.26. The normalized spacial score (nSPS) is 13.5. The molecule has 0 unspecified atom stereocenters. The van der Waals surface area contributed by atoms with E-state index in [0.29, 0.717) is 17.3 Å². The average Bonchev–Trinajstić information content (AvgIpc) is 2.47. The van der Waals surface area contributed by atoms with Crippen molar-refractivity contribution in [2.75, 3.05) is 6.54 Å². The molecule has 4 heteroatoms. The summed E-state index contributed by atoms with van der Waals surface area (Å²) in [6.45, 7) is 0.556. The van der Waals surface area contributed by atoms with E-state index in [0.717, 1.165) is 12.0 Å². The Labute approximate surface area is 74.8 Å². The maximum Gasteiger partial charge on any atom is 0.368 e. The number of nitrogens with zero attached hydrogens (tertiary/aromatic N) is 2. The minimum Gasteiger partial charge on any atom is -0.330 e. The summed E-state index contributed by atoms with van der Waals surface area (Å²) >= 11 is 0. The van der Waals surface area contributed by atoms with E-state index in [-0.39, 0.29) is 0 Å². The largest absolute Gasteiger partial charge is 0.368 e. The molecule has 1 aliphatic heterocycles. The van der Waals surface area contributed by atoms with Crippen LogP contribution in [0, 0.1) is 0 Å². The van der Waals surface area contributed by atoms with Gasteiger partial charge < -0.3 is 5.73 Å². The summed E-state index contributed by atoms with van der Waals surface area (Å²) in [7, 11) is 0. The molecule has 0 saturated carbocycles. The van der Waals surface area contributed by atoms with Crippen molar-refractivity contribution in [3.8, 4) is 0 Å². The molecule has 1 aliphatic rings. The van der Waals surface area contributed by atoms with E-state index in [1.165, 1.54) is 0 Å². The molecule has 0 aliphatic carbocycles. The Morgan fingerprint density at radius 2 is 2.15 bits per heavy atom. The summed E-state index contributed by atoms with van der Waals surface area (Å²) in [5, 5.41) is 1.36. The van der Waals surface area contributed by atoms with E-state index in [9.17, 15) is 4.79 Å². The number of benzene rings is 1. The van der Waals surface area contributed by atoms with Crippen LogP contribution in [0.5, 0.6) is 0 Å². The first-order valence-electron chi connectivity index (χ1n) is 4.10. The summed E-state index contributed by atoms with van der Waals surface area (Å²) in [5.41, 5.74) is 6.43. The highest BCUT2D eigenvalue weighted by Crippen LogP contribution is 1.92. The van der Waals surface area contributed by atoms with Gasteiger partial charge in [0.2, 0.25) is 0 Å². The molecule has 0 radical (unpaired) electrons. The topological polar surface area (TPSA) is 67.8 Å². The maximum atomic E-state index is 10.9. The highest BCUT2D eigenvalue weighted by molar-refractivity contribution is 5.77. The van der Waals surface area contributed by atoms with Crippen LogP contribution in [0.25, 0.3) is 0 Å². The van der Waals surface area contributed by atoms with Gasteiger partial charge in [0.05, 0.1) is 10.7 Å². The summed E-state index contributed by atoms with van der Waals surface area (Å²) in [6.07, 6.45) is 0.732. The van der Waals surface area contributed by atoms with Gasteiger partial charge >= 0.3 is 6.03 Å². The van der Waals surface area contributed by atoms with Gasteiger partial charge in [-0.05, 0) is 24.6 Å². The molecule has 0 fully saturated rings. The fourth-order valence-corrected chi connectivity index (χ4v) is 1.38. The minimum absolute atomic E-state index is 0.417. The smallest absolute Gasteiger partial charge is 0.330 e. The Hall–Kier alpha value is -1.55. The van der Waals surface area contributed by atoms with Gasteiger partial charge in [-0.15, -0.1) is 0 Å². The second kappa shape index (κ2) is 3.06. The molecular formula is C9H9N3O. The molecular weight excluding hydrogens is 166 g/mol. The van der Waals surface area contributed by atoms with Crippen molar-refractivity contribution in [3.63, 3.8) is 0 Å². The van der Waals surface area contributed by atoms with E-state index in [4.69, 9.17) is 5.73 Å². The highest BCUT2D eigenvalue weighted by atomic mass is 16.2. The summed E-state index contributed by atoms with van der Waals surface area (Å²) < 4.78 is 0. The van der Waals surface area contributed by atoms with Gasteiger partial charge in [-0.3, -0.25) is 0 Å². The summed E-state index contributed by atoms with van der Waals surface area (Å²) in [6, 6.07) is 5.15. The number of hydrogen-bond donors (Lipinski definition) is 1. The number of carbonyl (C=O) groups is 1. The fourth-order valence-electron chi connectivity index (χ4n) is 1.38. The Morgan fingerprint density at radius 3 is 2.92 bits per heavy atom. The first-order chi connectivity index (χ1) is 6.31. The zero-order valence-electron chi connectivity index (χ0n) is 7.03. The van der Waals surface area contributed by atoms with Gasteiger partial charge in [0.25, 0.3) is 0 Å². The van der Waals surface area contributed by atoms with Crippen molar-refractivity contribution >= 4 is 6.03 Å². The van der Waals surface area contributed by atoms with Crippen molar-refractivity contribution in [1.29, 1.82) is 0 Å². The quantitative estimate of drug-likeness (QED) is 0.662. The van der Waals surface area contributed by atoms with Gasteiger partial charge in [0.15, 0.2) is 0 Å². The van der Waals surface area contributed by atoms with E-state index in [1.807, 2.05) is 12.1 Å². The molecule has 0 spiro atoms. The minimum atomic E-state index is -0.417. The lowest BCUT2D eigenvalue weighted by atomic mass is 10.1. The first kappa shape index (κ1) is 8.07. The van der Waals surface area contributed by atoms with Crippen LogP contribution in [-0.4, -0.2) is 12.6 Å². The van der Waals surface area contributed by atoms with Crippen LogP contribution in [-0.2, 0) is 6.42 Å². The van der Waals surface area contributed by atoms with E-state index >= 15 is 0 Å². The second-order valence-electron chi connectivity index (χ2n) is 2.83. The van der Waals surface area contributed by atoms with Crippen LogP contribution in [0.15, 0.2) is 28.2 Å². The number of urea groups is 1. The average molecular weight is 175 g/mol. The van der Waals surface area contributed by atoms with Crippen LogP contribution >= 0.6 is 0 Å². The molecule has 1 heterocycles. The predicted molar refractivity (Wildman–Crippen MR) is 46.9 cm³/mol. The molecule has 0 atom stereocenters. The van der Waals surface area contributed by atoms with E-state index in [2.05, 4.69) is 9.98 Å². The molecule has 0 bridgehead atoms. The molecule has 13 heavy (non-hydrogen) atoms. The SMILES string of the molecule is NCCc1cccc2c1=NC(=O)N=2. The molecule has 2 rings (SSSR count). The molecule has 66 valence electrons. The molecule has 0 aromatic heterocycles. The van der Waals surface area contributed by atoms with Crippen LogP contribution in [0.3, 0.4) is 0 Å². The van der Waals surface area contributed by atoms with E-state index < -0.39 is 6.03 Å². The van der Waals surface area contributed by atoms with Gasteiger partial charge in [-0.1, -0.05) is 12.1 Å². The number of amides is 2. The number of hydrogen-bond acceptors (Lipinski definition) is 2. The van der Waals surface area contributed by atoms with Crippen molar-refractivity contribution in [2.24, 2.45) is 15.7 Å². The Kier molecular flexibility index (Phi) is 1.90. The third-order valence-electron chi connectivity index (χ3n) is 1.94. The highest BCUT2D eigenvalue weighted by Gasteiger charge is 2.07. The van der Waals surface area contributed by atoms with Gasteiger partial charge in [0, 0.05) is 0 Å². The molecule has 0 saturated heterocycles. The first-order valence-corrected chi connectivity index (χ1v) is 4.10. The van der Waals surface area contributed by atoms with Gasteiger partial charge in [-0.2, -0.15) is 9.98 Å². The molecule has 2 amide bonds. The summed E-state index contributed by atoms with van der Waals surface area (Å²) in [5.74, 6) is 0. The van der Waals surface area contributed by atoms with Gasteiger partial charge in [-0.25, -0.2) is 4.79 Å². The van der Waals surface area contributed by atoms with Crippen molar-refractivity contribution in [2.45, 2.75) is 6.42 Å². The van der Waals surface area contributed by atoms with E-state index in [1.54, 1.807) is 6.07 Å². The Bertz CT molecular complexity index is 464. The maximum absolute atomic E-state index is 10.9. The number of nitrogens with two attached hydrogens (primary N) is 1. The van der Waals surface area contributed by atoms with Crippen LogP contribution < -0.4 is 16.4 Å². The number of rotatable bonds is 2. The fraction of sp³-hybridized carbons (Fsp3) is 0.222. The monoisotopic (exact) mass is 175 g/mol. The van der Waals surface area contributed by atoms with Crippen molar-refractivity contribution in [1.82, 2.24) is 0 Å². The zero-order valence-corrected chi connectivity index (χ0v) is 7.03. The molecule has 1 aromatic rings. The predicted octanol–water partition coefficient (Wildman–Crippen LogP) is -0.439. The number of carbonyl (C=O) groups excluding carboxylic acids is 1. The number of fused-ring (bicyclic) bond motifs is 1. The van der Waals surface area contributed by atoms with Crippen molar-refractivity contribution in [3.05, 3.63) is 34.5 Å². The van der Waals surface area contributed by atoms with Crippen molar-refractivity contribution < 1.29 is 4.79 Å². The molecule has 2 N–H and O–H groups in total. The van der Waals surface area contributed by atoms with Crippen LogP contribution in [0.2, 0.25) is 0 Å². The van der Waals surface area contributed by atoms with Gasteiger partial charge in [0.1, 0.15) is 0 Å². The second-order valence-corrected chi connectivity index (χ2v) is 2.83. The Balaban J connectivity index is 2.65. The lowest BCUT2D eigenvalue weighted by Gasteiger charge is -1.95. The standard InChI is InChI=1S/C9H9N3O/c10-5-4-6-2-1-3-7-8(6)12-9(13)11-7/h1-3H,4-5,10H2. The number of para-hydroxylation sites is 1. The summed E-state index contributed by atoms with van der Waals surface area (Å²) in [4.78, 5) is 18.4. The van der Waals surface area contributed by atoms with Crippen LogP contribution in [0.1, 0.15) is 5.56 Å². The third kappa shape index (κ3) is 1.36. The third-order valence-corrected chi connectivity index (χ3v) is 1.94. The lowest BCUT2D eigenvalue weighted by molar-refractivity contribution is 0.256. The lowest BCUT2D eigenvalue weighted by Crippen LogP contribution is -2.27. The molecule has 4 nitrogen and oxygen atoms in total. The Morgan fingerprint density at radius 1 is 1.31 bits per heavy atom. The van der Waals surface area contributed by atoms with Crippen LogP contribution in [0.4, 0.5) is 4.79 Å².